The number of carbonyl (C=O) groups is 2. The van der Waals surface area contributed by atoms with Gasteiger partial charge in [0.2, 0.25) is 5.91 Å². The third-order valence-corrected chi connectivity index (χ3v) is 4.52. The average Bonchev–Trinajstić information content (AvgIpc) is 2.79. The maximum Gasteiger partial charge on any atom is 0.279 e. The summed E-state index contributed by atoms with van der Waals surface area (Å²) < 4.78 is 1.04. The van der Waals surface area contributed by atoms with Crippen LogP contribution in [0.3, 0.4) is 0 Å². The molecule has 0 spiro atoms. The van der Waals surface area contributed by atoms with Crippen LogP contribution in [-0.2, 0) is 11.2 Å². The predicted molar refractivity (Wildman–Crippen MR) is 80.2 cm³/mol. The lowest BCUT2D eigenvalue weighted by Crippen LogP contribution is -2.46. The molecule has 2 N–H and O–H groups in total. The van der Waals surface area contributed by atoms with Gasteiger partial charge >= 0.3 is 0 Å². The molecule has 102 valence electrons. The molecule has 2 amide bonds. The van der Waals surface area contributed by atoms with Gasteiger partial charge in [0.1, 0.15) is 6.04 Å². The Hall–Kier alpha value is -1.01. The van der Waals surface area contributed by atoms with Crippen molar-refractivity contribution >= 4 is 38.8 Å². The second-order valence-electron chi connectivity index (χ2n) is 4.50. The summed E-state index contributed by atoms with van der Waals surface area (Å²) in [5, 5.41) is 5.44. The number of nitrogens with one attached hydrogen (secondary N) is 2. The van der Waals surface area contributed by atoms with Gasteiger partial charge in [-0.3, -0.25) is 9.59 Å². The summed E-state index contributed by atoms with van der Waals surface area (Å²) in [6.45, 7) is 1.96. The van der Waals surface area contributed by atoms with Gasteiger partial charge < -0.3 is 10.6 Å². The highest BCUT2D eigenvalue weighted by Crippen LogP contribution is 2.18. The molecule has 1 aromatic carbocycles. The molecule has 0 saturated carbocycles. The molecule has 1 aliphatic heterocycles. The van der Waals surface area contributed by atoms with Gasteiger partial charge in [0.05, 0.1) is 0 Å². The molecule has 4 nitrogen and oxygen atoms in total. The van der Waals surface area contributed by atoms with Crippen molar-refractivity contribution in [3.63, 3.8) is 0 Å². The quantitative estimate of drug-likeness (QED) is 0.882. The SMILES string of the molecule is CC(Cc1ccccc1Br)NC(=O)C1CSC(=O)N1. The molecule has 19 heavy (non-hydrogen) atoms. The van der Waals surface area contributed by atoms with Crippen LogP contribution < -0.4 is 10.6 Å². The largest absolute Gasteiger partial charge is 0.352 e. The molecule has 0 radical (unpaired) electrons. The van der Waals surface area contributed by atoms with E-state index >= 15 is 0 Å². The first-order chi connectivity index (χ1) is 9.06. The van der Waals surface area contributed by atoms with E-state index in [9.17, 15) is 9.59 Å². The molecule has 2 rings (SSSR count). The van der Waals surface area contributed by atoms with E-state index in [1.165, 1.54) is 0 Å². The fraction of sp³-hybridized carbons (Fsp3) is 0.385. The zero-order valence-corrected chi connectivity index (χ0v) is 12.9. The number of carbonyl (C=O) groups excluding carboxylic acids is 2. The Kier molecular flexibility index (Phi) is 4.87. The number of amides is 2. The van der Waals surface area contributed by atoms with E-state index in [0.717, 1.165) is 28.2 Å². The first-order valence-electron chi connectivity index (χ1n) is 6.03. The lowest BCUT2D eigenvalue weighted by Gasteiger charge is -2.17. The van der Waals surface area contributed by atoms with Gasteiger partial charge in [-0.1, -0.05) is 45.9 Å². The van der Waals surface area contributed by atoms with Crippen LogP contribution in [0.2, 0.25) is 0 Å². The van der Waals surface area contributed by atoms with E-state index in [2.05, 4.69) is 26.6 Å². The van der Waals surface area contributed by atoms with Crippen molar-refractivity contribution in [1.82, 2.24) is 10.6 Å². The van der Waals surface area contributed by atoms with Gasteiger partial charge in [-0.2, -0.15) is 0 Å². The molecule has 0 aliphatic carbocycles. The highest BCUT2D eigenvalue weighted by molar-refractivity contribution is 9.10. The standard InChI is InChI=1S/C13H15BrN2O2S/c1-8(6-9-4-2-3-5-10(9)14)15-12(17)11-7-19-13(18)16-11/h2-5,8,11H,6-7H2,1H3,(H,15,17)(H,16,18). The molecule has 1 saturated heterocycles. The molecule has 0 aromatic heterocycles. The van der Waals surface area contributed by atoms with Crippen LogP contribution in [0, 0.1) is 0 Å². The van der Waals surface area contributed by atoms with Gasteiger partial charge in [-0.05, 0) is 25.0 Å². The Balaban J connectivity index is 1.87. The van der Waals surface area contributed by atoms with Crippen LogP contribution in [0.1, 0.15) is 12.5 Å². The number of benzene rings is 1. The van der Waals surface area contributed by atoms with E-state index in [-0.39, 0.29) is 17.2 Å². The second kappa shape index (κ2) is 6.43. The third kappa shape index (κ3) is 3.98. The maximum atomic E-state index is 11.9. The van der Waals surface area contributed by atoms with Crippen molar-refractivity contribution in [1.29, 1.82) is 0 Å². The van der Waals surface area contributed by atoms with Crippen LogP contribution in [0.25, 0.3) is 0 Å². The molecular weight excluding hydrogens is 328 g/mol. The Morgan fingerprint density at radius 3 is 2.95 bits per heavy atom. The van der Waals surface area contributed by atoms with Crippen LogP contribution in [0.15, 0.2) is 28.7 Å². The van der Waals surface area contributed by atoms with Crippen LogP contribution in [0.4, 0.5) is 4.79 Å². The Labute approximate surface area is 124 Å². The van der Waals surface area contributed by atoms with Gasteiger partial charge in [0, 0.05) is 16.3 Å². The normalized spacial score (nSPS) is 19.9. The van der Waals surface area contributed by atoms with Crippen LogP contribution in [0.5, 0.6) is 0 Å². The topological polar surface area (TPSA) is 58.2 Å². The monoisotopic (exact) mass is 342 g/mol. The summed E-state index contributed by atoms with van der Waals surface area (Å²) in [6, 6.07) is 7.57. The molecule has 2 unspecified atom stereocenters. The Morgan fingerprint density at radius 1 is 1.58 bits per heavy atom. The van der Waals surface area contributed by atoms with Crippen molar-refractivity contribution in [3.8, 4) is 0 Å². The summed E-state index contributed by atoms with van der Waals surface area (Å²) >= 11 is 4.64. The minimum absolute atomic E-state index is 0.0219. The van der Waals surface area contributed by atoms with Crippen molar-refractivity contribution in [3.05, 3.63) is 34.3 Å². The molecule has 1 aliphatic rings. The van der Waals surface area contributed by atoms with E-state index in [1.807, 2.05) is 31.2 Å². The van der Waals surface area contributed by atoms with E-state index in [1.54, 1.807) is 0 Å². The van der Waals surface area contributed by atoms with Gasteiger partial charge in [0.25, 0.3) is 5.24 Å². The van der Waals surface area contributed by atoms with Crippen molar-refractivity contribution in [2.45, 2.75) is 25.4 Å². The fourth-order valence-electron chi connectivity index (χ4n) is 1.91. The van der Waals surface area contributed by atoms with Gasteiger partial charge in [-0.15, -0.1) is 0 Å². The Morgan fingerprint density at radius 2 is 2.32 bits per heavy atom. The van der Waals surface area contributed by atoms with Gasteiger partial charge in [0.15, 0.2) is 0 Å². The zero-order valence-electron chi connectivity index (χ0n) is 10.5. The molecule has 1 heterocycles. The zero-order chi connectivity index (χ0) is 13.8. The lowest BCUT2D eigenvalue weighted by atomic mass is 10.1. The number of hydrogen-bond donors (Lipinski definition) is 2. The van der Waals surface area contributed by atoms with Crippen molar-refractivity contribution in [2.24, 2.45) is 0 Å². The second-order valence-corrected chi connectivity index (χ2v) is 6.35. The first-order valence-corrected chi connectivity index (χ1v) is 7.81. The van der Waals surface area contributed by atoms with E-state index in [0.29, 0.717) is 5.75 Å². The molecule has 1 aromatic rings. The maximum absolute atomic E-state index is 11.9. The summed E-state index contributed by atoms with van der Waals surface area (Å²) in [4.78, 5) is 23.0. The highest BCUT2D eigenvalue weighted by atomic mass is 79.9. The molecule has 2 atom stereocenters. The minimum Gasteiger partial charge on any atom is -0.352 e. The van der Waals surface area contributed by atoms with Crippen LogP contribution >= 0.6 is 27.7 Å². The summed E-state index contributed by atoms with van der Waals surface area (Å²) in [6.07, 6.45) is 0.751. The summed E-state index contributed by atoms with van der Waals surface area (Å²) in [5.74, 6) is 0.393. The minimum atomic E-state index is -0.404. The van der Waals surface area contributed by atoms with E-state index < -0.39 is 6.04 Å². The predicted octanol–water partition coefficient (Wildman–Crippen LogP) is 2.32. The third-order valence-electron chi connectivity index (χ3n) is 2.86. The Bertz CT molecular complexity index is 495. The molecule has 1 fully saturated rings. The number of rotatable bonds is 4. The summed E-state index contributed by atoms with van der Waals surface area (Å²) in [7, 11) is 0. The van der Waals surface area contributed by atoms with Crippen molar-refractivity contribution in [2.75, 3.05) is 5.75 Å². The molecule has 0 bridgehead atoms. The van der Waals surface area contributed by atoms with Gasteiger partial charge in [-0.25, -0.2) is 0 Å². The summed E-state index contributed by atoms with van der Waals surface area (Å²) in [5.41, 5.74) is 1.15. The fourth-order valence-corrected chi connectivity index (χ4v) is 3.14. The average molecular weight is 343 g/mol. The number of halogens is 1. The lowest BCUT2D eigenvalue weighted by molar-refractivity contribution is -0.122. The number of thioether (sulfide) groups is 1. The highest BCUT2D eigenvalue weighted by Gasteiger charge is 2.28. The first kappa shape index (κ1) is 14.4. The van der Waals surface area contributed by atoms with E-state index in [4.69, 9.17) is 0 Å². The molecular formula is C13H15BrN2O2S. The van der Waals surface area contributed by atoms with Crippen LogP contribution in [-0.4, -0.2) is 29.0 Å². The number of hydrogen-bond acceptors (Lipinski definition) is 3. The molecule has 6 heteroatoms. The smallest absolute Gasteiger partial charge is 0.279 e. The van der Waals surface area contributed by atoms with Crippen molar-refractivity contribution < 1.29 is 9.59 Å².